The molecule has 1 N–H and O–H groups in total. The Morgan fingerprint density at radius 3 is 2.50 bits per heavy atom. The summed E-state index contributed by atoms with van der Waals surface area (Å²) in [6.45, 7) is 1.76. The van der Waals surface area contributed by atoms with Crippen molar-refractivity contribution in [1.82, 2.24) is 10.2 Å². The lowest BCUT2D eigenvalue weighted by Gasteiger charge is -2.18. The first-order valence-electron chi connectivity index (χ1n) is 9.18. The highest BCUT2D eigenvalue weighted by molar-refractivity contribution is 5.64. The summed E-state index contributed by atoms with van der Waals surface area (Å²) in [5.41, 5.74) is 1.77. The van der Waals surface area contributed by atoms with Gasteiger partial charge in [-0.3, -0.25) is 10.1 Å². The number of nitro groups is 1. The van der Waals surface area contributed by atoms with Gasteiger partial charge in [-0.15, -0.1) is 10.2 Å². The van der Waals surface area contributed by atoms with Gasteiger partial charge in [-0.05, 0) is 36.8 Å². The average molecular weight is 404 g/mol. The third kappa shape index (κ3) is 3.88. The van der Waals surface area contributed by atoms with Crippen molar-refractivity contribution in [3.8, 4) is 11.5 Å². The molecule has 1 heterocycles. The molecular weight excluding hydrogens is 387 g/mol. The lowest BCUT2D eigenvalue weighted by molar-refractivity contribution is -0.384. The van der Waals surface area contributed by atoms with Crippen molar-refractivity contribution in [1.29, 1.82) is 0 Å². The van der Waals surface area contributed by atoms with Crippen molar-refractivity contribution in [2.45, 2.75) is 13.0 Å². The second kappa shape index (κ2) is 8.12. The molecule has 0 aliphatic rings. The summed E-state index contributed by atoms with van der Waals surface area (Å²) in [7, 11) is 0. The summed E-state index contributed by atoms with van der Waals surface area (Å²) in [6, 6.07) is 19.1. The van der Waals surface area contributed by atoms with Crippen LogP contribution in [-0.2, 0) is 0 Å². The van der Waals surface area contributed by atoms with E-state index in [-0.39, 0.29) is 28.7 Å². The van der Waals surface area contributed by atoms with Crippen LogP contribution < -0.4 is 5.32 Å². The first kappa shape index (κ1) is 19.3. The zero-order chi connectivity index (χ0) is 21.1. The van der Waals surface area contributed by atoms with Crippen LogP contribution in [0.2, 0.25) is 0 Å². The molecule has 1 aromatic heterocycles. The van der Waals surface area contributed by atoms with E-state index in [9.17, 15) is 14.5 Å². The number of anilines is 1. The van der Waals surface area contributed by atoms with Gasteiger partial charge in [0.25, 0.3) is 5.69 Å². The number of nitrogens with zero attached hydrogens (tertiary/aromatic N) is 3. The van der Waals surface area contributed by atoms with Crippen LogP contribution in [0.5, 0.6) is 0 Å². The molecule has 0 saturated heterocycles. The zero-order valence-corrected chi connectivity index (χ0v) is 15.9. The number of rotatable bonds is 6. The fourth-order valence-corrected chi connectivity index (χ4v) is 3.10. The van der Waals surface area contributed by atoms with E-state index in [1.165, 1.54) is 12.1 Å². The molecule has 8 heteroatoms. The standard InChI is InChI=1S/C22H17FN4O3/c1-14-11-12-18(19(13-14)27(28)29)24-20(16-9-5-6-10-17(16)23)22-26-25-21(30-22)15-7-3-2-4-8-15/h2-13,20,24H,1H3/t20-/m0/s1. The van der Waals surface area contributed by atoms with Gasteiger partial charge >= 0.3 is 0 Å². The maximum absolute atomic E-state index is 14.6. The van der Waals surface area contributed by atoms with Crippen LogP contribution in [0.1, 0.15) is 23.1 Å². The molecule has 0 aliphatic heterocycles. The molecule has 0 fully saturated rings. The second-order valence-corrected chi connectivity index (χ2v) is 6.69. The van der Waals surface area contributed by atoms with Gasteiger partial charge in [-0.2, -0.15) is 0 Å². The Morgan fingerprint density at radius 1 is 1.03 bits per heavy atom. The monoisotopic (exact) mass is 404 g/mol. The molecule has 0 amide bonds. The maximum Gasteiger partial charge on any atom is 0.292 e. The Balaban J connectivity index is 1.79. The van der Waals surface area contributed by atoms with E-state index in [2.05, 4.69) is 15.5 Å². The van der Waals surface area contributed by atoms with E-state index in [0.29, 0.717) is 5.56 Å². The number of benzene rings is 3. The fraction of sp³-hybridized carbons (Fsp3) is 0.0909. The summed E-state index contributed by atoms with van der Waals surface area (Å²) in [4.78, 5) is 11.0. The number of aromatic nitrogens is 2. The summed E-state index contributed by atoms with van der Waals surface area (Å²) >= 11 is 0. The van der Waals surface area contributed by atoms with Crippen LogP contribution in [0.4, 0.5) is 15.8 Å². The van der Waals surface area contributed by atoms with Crippen molar-refractivity contribution in [2.24, 2.45) is 0 Å². The van der Waals surface area contributed by atoms with Crippen LogP contribution in [0, 0.1) is 22.9 Å². The highest BCUT2D eigenvalue weighted by Gasteiger charge is 2.27. The minimum Gasteiger partial charge on any atom is -0.418 e. The molecule has 7 nitrogen and oxygen atoms in total. The number of nitrogens with one attached hydrogen (secondary N) is 1. The smallest absolute Gasteiger partial charge is 0.292 e. The largest absolute Gasteiger partial charge is 0.418 e. The van der Waals surface area contributed by atoms with Crippen molar-refractivity contribution >= 4 is 11.4 Å². The number of aryl methyl sites for hydroxylation is 1. The molecule has 0 bridgehead atoms. The van der Waals surface area contributed by atoms with Crippen LogP contribution in [-0.4, -0.2) is 15.1 Å². The van der Waals surface area contributed by atoms with Gasteiger partial charge in [-0.1, -0.05) is 42.5 Å². The highest BCUT2D eigenvalue weighted by Crippen LogP contribution is 2.33. The van der Waals surface area contributed by atoms with Gasteiger partial charge in [0, 0.05) is 17.2 Å². The number of hydrogen-bond acceptors (Lipinski definition) is 6. The third-order valence-electron chi connectivity index (χ3n) is 4.57. The first-order valence-corrected chi connectivity index (χ1v) is 9.18. The number of hydrogen-bond donors (Lipinski definition) is 1. The molecule has 0 spiro atoms. The Labute approximate surface area is 171 Å². The third-order valence-corrected chi connectivity index (χ3v) is 4.57. The average Bonchev–Trinajstić information content (AvgIpc) is 3.24. The SMILES string of the molecule is Cc1ccc(N[C@H](c2nnc(-c3ccccc3)o2)c2ccccc2F)c([N+](=O)[O-])c1. The first-order chi connectivity index (χ1) is 14.5. The number of nitro benzene ring substituents is 1. The van der Waals surface area contributed by atoms with Crippen LogP contribution >= 0.6 is 0 Å². The van der Waals surface area contributed by atoms with Crippen molar-refractivity contribution in [3.63, 3.8) is 0 Å². The molecule has 0 aliphatic carbocycles. The Morgan fingerprint density at radius 2 is 1.77 bits per heavy atom. The quantitative estimate of drug-likeness (QED) is 0.346. The predicted octanol–water partition coefficient (Wildman–Crippen LogP) is 5.29. The molecule has 3 aromatic carbocycles. The van der Waals surface area contributed by atoms with Gasteiger partial charge < -0.3 is 9.73 Å². The summed E-state index contributed by atoms with van der Waals surface area (Å²) in [5, 5.41) is 22.7. The molecule has 1 atom stereocenters. The molecule has 4 aromatic rings. The zero-order valence-electron chi connectivity index (χ0n) is 15.9. The normalized spacial score (nSPS) is 11.8. The van der Waals surface area contributed by atoms with E-state index >= 15 is 0 Å². The van der Waals surface area contributed by atoms with E-state index in [1.54, 1.807) is 37.3 Å². The molecular formula is C22H17FN4O3. The predicted molar refractivity (Wildman–Crippen MR) is 109 cm³/mol. The lowest BCUT2D eigenvalue weighted by Crippen LogP contribution is -2.15. The minimum atomic E-state index is -0.919. The summed E-state index contributed by atoms with van der Waals surface area (Å²) < 4.78 is 20.4. The molecule has 0 radical (unpaired) electrons. The van der Waals surface area contributed by atoms with Gasteiger partial charge in [0.2, 0.25) is 11.8 Å². The Kier molecular flexibility index (Phi) is 5.21. The maximum atomic E-state index is 14.6. The van der Waals surface area contributed by atoms with Crippen molar-refractivity contribution in [2.75, 3.05) is 5.32 Å². The topological polar surface area (TPSA) is 94.1 Å². The van der Waals surface area contributed by atoms with Crippen LogP contribution in [0.15, 0.2) is 77.2 Å². The molecule has 4 rings (SSSR count). The molecule has 0 saturated carbocycles. The second-order valence-electron chi connectivity index (χ2n) is 6.69. The van der Waals surface area contributed by atoms with E-state index in [1.807, 2.05) is 30.3 Å². The van der Waals surface area contributed by atoms with E-state index < -0.39 is 16.8 Å². The Bertz CT molecular complexity index is 1190. The van der Waals surface area contributed by atoms with Crippen molar-refractivity contribution < 1.29 is 13.7 Å². The minimum absolute atomic E-state index is 0.0915. The lowest BCUT2D eigenvalue weighted by atomic mass is 10.0. The van der Waals surface area contributed by atoms with Gasteiger partial charge in [0.05, 0.1) is 4.92 Å². The Hall–Kier alpha value is -4.07. The van der Waals surface area contributed by atoms with E-state index in [4.69, 9.17) is 4.42 Å². The highest BCUT2D eigenvalue weighted by atomic mass is 19.1. The summed E-state index contributed by atoms with van der Waals surface area (Å²) in [5.74, 6) is -0.134. The van der Waals surface area contributed by atoms with Crippen LogP contribution in [0.25, 0.3) is 11.5 Å². The van der Waals surface area contributed by atoms with Gasteiger partial charge in [-0.25, -0.2) is 4.39 Å². The molecule has 30 heavy (non-hydrogen) atoms. The van der Waals surface area contributed by atoms with E-state index in [0.717, 1.165) is 5.56 Å². The van der Waals surface area contributed by atoms with Crippen LogP contribution in [0.3, 0.4) is 0 Å². The van der Waals surface area contributed by atoms with Gasteiger partial charge in [0.1, 0.15) is 17.5 Å². The molecule has 0 unspecified atom stereocenters. The number of halogens is 1. The fourth-order valence-electron chi connectivity index (χ4n) is 3.10. The summed E-state index contributed by atoms with van der Waals surface area (Å²) in [6.07, 6.45) is 0. The molecule has 150 valence electrons. The van der Waals surface area contributed by atoms with Crippen molar-refractivity contribution in [3.05, 3.63) is 106 Å². The van der Waals surface area contributed by atoms with Gasteiger partial charge in [0.15, 0.2) is 0 Å².